The number of carboxylic acids is 3. The van der Waals surface area contributed by atoms with Gasteiger partial charge in [0.05, 0.1) is 120 Å². The van der Waals surface area contributed by atoms with Crippen molar-refractivity contribution in [2.75, 3.05) is 66.1 Å². The van der Waals surface area contributed by atoms with Crippen molar-refractivity contribution in [3.05, 3.63) is 25.3 Å². The van der Waals surface area contributed by atoms with E-state index < -0.39 is 391 Å². The minimum absolute atomic E-state index is 0.105. The number of aliphatic hydroxyl groups is 28. The van der Waals surface area contributed by atoms with Crippen molar-refractivity contribution >= 4 is 64.7 Å². The quantitative estimate of drug-likeness (QED) is 0.0203. The minimum atomic E-state index is -5.32. The zero-order valence-electron chi connectivity index (χ0n) is 78.0. The van der Waals surface area contributed by atoms with Crippen molar-refractivity contribution < 1.29 is 278 Å². The summed E-state index contributed by atoms with van der Waals surface area (Å²) < 4.78 is 104. The zero-order chi connectivity index (χ0) is 108. The first-order valence-electron chi connectivity index (χ1n) is 43.3. The Hall–Kier alpha value is -4.14. The van der Waals surface area contributed by atoms with Crippen molar-refractivity contribution in [1.82, 2.24) is 10.6 Å². The number of hydrogen-bond acceptors (Lipinski definition) is 53. The third kappa shape index (κ3) is 37.3. The molecule has 0 radical (unpaired) electrons. The van der Waals surface area contributed by atoms with Gasteiger partial charge in [0.15, 0.2) is 30.8 Å². The highest BCUT2D eigenvalue weighted by Crippen LogP contribution is 2.44. The van der Waals surface area contributed by atoms with Crippen LogP contribution in [0.15, 0.2) is 25.3 Å². The summed E-state index contributed by atoms with van der Waals surface area (Å²) in [4.78, 5) is 87.3. The van der Waals surface area contributed by atoms with Crippen LogP contribution in [0.5, 0.6) is 0 Å². The Labute approximate surface area is 802 Å². The van der Waals surface area contributed by atoms with E-state index in [2.05, 4.69) is 46.6 Å². The molecule has 0 spiro atoms. The molecule has 58 nitrogen and oxygen atoms in total. The Morgan fingerprint density at radius 1 is 0.511 bits per heavy atom. The molecule has 7 heterocycles. The second-order valence-electron chi connectivity index (χ2n) is 35.0. The molecule has 62 heteroatoms. The molecule has 7 aliphatic heterocycles. The van der Waals surface area contributed by atoms with E-state index in [1.165, 1.54) is 13.8 Å². The summed E-state index contributed by atoms with van der Waals surface area (Å²) in [6.45, 7) is 16.4. The number of rotatable bonds is 37. The molecule has 0 aromatic carbocycles. The van der Waals surface area contributed by atoms with Crippen LogP contribution < -0.4 is 25.3 Å². The first-order chi connectivity index (χ1) is 64.6. The van der Waals surface area contributed by atoms with E-state index >= 15 is 0 Å². The standard InChI is InChI=1S/C32H55NO21.C22H39NO14.C12H23O7P.C10H18O8.CH5P.H2O6P2/c1-6-14(37)13(33-30(47)54-31(3,4)5)11-48-27-22(43)21(42)25(18(10-36)50-27)51-28-23(44)26(20(41)17(9-35)49-28)53-32(29(45)46)7-15(38)12(2)24(52-32)19(40)16(39)8-34;1-5-10(26)9(23-21(32)37-22(2,3)4)8-33-19-17(31)15(29)18(12(7-25)35-19)36-20-16(30)14(28)13(27)11(6-24)34-20;1-5-7(14)3-12(6(2)20,11(17)18)19-10(5)9(16)8(15)4-13;1-4-5(12)2-10(17,9(15)16)18-8(4)7(14)6(13)3-11;1-2;1-7(2)6-8(3,4)5/h6,12-28,34-44H,1,7-11H2,2-5H3,(H,33,47)(H,45,46);5,9-20,24-31H,1,6-8H2,2-4H3,(H,23,32);5-10,13-16H,3-4,20H2,1-2H3,(H,17,18);4-8,11-14,17H,2-3H2,1H3,(H,15,16);2H2,1H3;(H2,3,4,5)/p-2/t12-,13+,14-,15-,16-,17?,18?,19-,20+,21-,22?,23?,24?,25-,26+,27-,28+,32+;9-,10+,11?,12?,13-,14-,15+,16?,17?,18+,19+,20-;5-,6?,7-,8-,9-,10?,12+;4-,5-,6-,7-,8?,10?;;/m1011../s1/i;;;;1T;. The first kappa shape index (κ1) is 129. The highest BCUT2D eigenvalue weighted by Gasteiger charge is 2.62. The van der Waals surface area contributed by atoms with Gasteiger partial charge in [0.1, 0.15) is 153 Å². The van der Waals surface area contributed by atoms with E-state index in [9.17, 15) is 191 Å². The molecule has 46 atom stereocenters. The van der Waals surface area contributed by atoms with Crippen LogP contribution in [0.3, 0.4) is 0 Å². The number of carbonyl (C=O) groups excluding carboxylic acids is 2. The molecule has 816 valence electrons. The van der Waals surface area contributed by atoms with Crippen LogP contribution >= 0.6 is 34.6 Å². The summed E-state index contributed by atoms with van der Waals surface area (Å²) >= 11 is 0. The zero-order valence-corrected chi connectivity index (χ0v) is 81.1. The van der Waals surface area contributed by atoms with Gasteiger partial charge >= 0.3 is 38.3 Å². The summed E-state index contributed by atoms with van der Waals surface area (Å²) in [5.74, 6) is -12.7. The number of amides is 2. The van der Waals surface area contributed by atoms with Crippen molar-refractivity contribution in [2.45, 2.75) is 343 Å². The highest BCUT2D eigenvalue weighted by molar-refractivity contribution is 7.52. The van der Waals surface area contributed by atoms with E-state index in [4.69, 9.17) is 83.0 Å². The Morgan fingerprint density at radius 3 is 1.17 bits per heavy atom. The average Bonchev–Trinajstić information content (AvgIpc) is 0.750. The van der Waals surface area contributed by atoms with Crippen LogP contribution in [-0.2, 0) is 94.1 Å². The number of hydrogen-bond donors (Lipinski definition) is 33. The van der Waals surface area contributed by atoms with Crippen molar-refractivity contribution in [2.24, 2.45) is 17.8 Å². The summed E-state index contributed by atoms with van der Waals surface area (Å²) in [5, 5.41) is 315. The Balaban J connectivity index is 0.000000659. The molecule has 7 aliphatic rings. The average molecular weight is 2120 g/mol. The first-order valence-corrected chi connectivity index (χ1v) is 46.7. The number of alkyl carbamates (subject to hydrolysis) is 2. The van der Waals surface area contributed by atoms with Gasteiger partial charge in [-0.2, -0.15) is 0 Å². The van der Waals surface area contributed by atoms with Gasteiger partial charge in [-0.25, -0.2) is 24.0 Å². The van der Waals surface area contributed by atoms with Crippen molar-refractivity contribution in [3.8, 4) is 0 Å². The van der Waals surface area contributed by atoms with Gasteiger partial charge in [-0.15, -0.1) is 35.9 Å². The van der Waals surface area contributed by atoms with Crippen molar-refractivity contribution in [3.63, 3.8) is 0 Å². The van der Waals surface area contributed by atoms with E-state index in [1.54, 1.807) is 55.4 Å². The molecular weight excluding hydrogens is 1970 g/mol. The molecule has 7 fully saturated rings. The molecule has 0 saturated carbocycles. The number of aliphatic hydroxyl groups excluding tert-OH is 27. The molecule has 7 rings (SSSR count). The Kier molecular flexibility index (Phi) is 54.4. The van der Waals surface area contributed by atoms with Crippen LogP contribution in [-0.4, -0.2) is 509 Å². The maximum Gasteiger partial charge on any atom is 0.492 e. The molecule has 7 saturated heterocycles. The Morgan fingerprint density at radius 2 is 0.849 bits per heavy atom. The molecule has 2 amide bonds. The van der Waals surface area contributed by atoms with Crippen LogP contribution in [0.25, 0.3) is 0 Å². The Bertz CT molecular complexity index is 3760. The fourth-order valence-corrected chi connectivity index (χ4v) is 15.3. The summed E-state index contributed by atoms with van der Waals surface area (Å²) in [7, 11) is -4.32. The number of carboxylic acid groups (broad SMARTS) is 3. The van der Waals surface area contributed by atoms with Crippen molar-refractivity contribution in [1.29, 1.82) is 0 Å². The number of aliphatic carboxylic acids is 3. The summed E-state index contributed by atoms with van der Waals surface area (Å²) in [6.07, 6.45) is -56.4. The third-order valence-corrected chi connectivity index (χ3v) is 24.2. The summed E-state index contributed by atoms with van der Waals surface area (Å²) in [5.41, 5.74) is -3.87. The van der Waals surface area contributed by atoms with E-state index in [0.717, 1.165) is 12.2 Å². The summed E-state index contributed by atoms with van der Waals surface area (Å²) in [6, 6.07) is -2.28. The monoisotopic (exact) mass is 2110 g/mol. The second-order valence-corrected chi connectivity index (χ2v) is 38.0. The topological polar surface area (TPSA) is 978 Å². The molecule has 0 aliphatic carbocycles. The SMILES string of the molecule is C=C[C@@H](O)[C@H](CO[C@@H]1OC(CO)[C@@H](O[C@@H]2OC(CO)[C@H](O)[C@H](O)C2O)[C@H](O)C1O)NC(=O)OC(C)(C)C.C=C[C@@H](O)[C@H](CO[C@@H]1OC(CO)[C@@H](O[C@@H]2OC(CO)[C@H](O)[C@H](O[C@]3(C(=O)O)C[C@@H](O)[C@@H](C)C([C@H](O)[C@H](O)CO)O3)C2O)[C@H](O)C1O)NC(=O)OC(C)(C)C.CC(P)[C@]1(C(=O)O)C[C@@H](O)[C@@H](C)C([C@H](O)[C@H](O)CO)O1.C[C@H]1C([C@H](O)[C@H](O)CO)OC(O)(C(=O)O)C[C@H]1O.O=[P+]([O-])OP(=O)([O-])[O-].[3H]CP. The van der Waals surface area contributed by atoms with Gasteiger partial charge in [-0.05, 0) is 46.1 Å². The smallest absolute Gasteiger partial charge is 0.492 e. The number of ether oxygens (including phenoxy) is 14. The molecular formula is C77H140N2O56P4-2. The van der Waals surface area contributed by atoms with E-state index in [-0.39, 0.29) is 6.42 Å². The van der Waals surface area contributed by atoms with Gasteiger partial charge in [-0.1, -0.05) is 46.5 Å². The van der Waals surface area contributed by atoms with Crippen LogP contribution in [0.2, 0.25) is 0 Å². The largest absolute Gasteiger partial charge is 0.786 e. The molecule has 16 unspecified atom stereocenters. The highest BCUT2D eigenvalue weighted by atomic mass is 31.2. The minimum Gasteiger partial charge on any atom is -0.786 e. The molecule has 139 heavy (non-hydrogen) atoms. The molecule has 0 aromatic rings. The van der Waals surface area contributed by atoms with Crippen LogP contribution in [0.1, 0.15) is 89.9 Å². The van der Waals surface area contributed by atoms with Gasteiger partial charge in [0, 0.05) is 44.0 Å². The third-order valence-electron chi connectivity index (χ3n) is 22.3. The fourth-order valence-electron chi connectivity index (χ4n) is 14.3. The van der Waals surface area contributed by atoms with Gasteiger partial charge < -0.3 is 254 Å². The predicted molar refractivity (Wildman–Crippen MR) is 458 cm³/mol. The number of nitrogens with one attached hydrogen (secondary N) is 2. The number of phosphoric acid groups is 1. The van der Waals surface area contributed by atoms with Gasteiger partial charge in [0.25, 0.3) is 11.6 Å². The lowest BCUT2D eigenvalue weighted by Crippen LogP contribution is -2.68. The van der Waals surface area contributed by atoms with Gasteiger partial charge in [-0.3, -0.25) is 0 Å². The van der Waals surface area contributed by atoms with Crippen LogP contribution in [0, 0.1) is 17.8 Å². The fraction of sp³-hybridized carbons (Fsp3) is 0.883. The lowest BCUT2D eigenvalue weighted by atomic mass is 9.79. The molecule has 33 N–H and O–H groups in total. The van der Waals surface area contributed by atoms with E-state index in [0.29, 0.717) is 6.64 Å². The lowest BCUT2D eigenvalue weighted by molar-refractivity contribution is -0.388. The maximum absolute atomic E-state index is 12.6. The number of carbonyl (C=O) groups is 5. The van der Waals surface area contributed by atoms with E-state index in [1.807, 2.05) is 0 Å². The molecule has 0 aromatic heterocycles. The predicted octanol–water partition coefficient (Wildman–Crippen LogP) is -15.4. The van der Waals surface area contributed by atoms with Crippen LogP contribution in [0.4, 0.5) is 9.59 Å². The molecule has 0 bridgehead atoms. The maximum atomic E-state index is 12.6. The van der Waals surface area contributed by atoms with Gasteiger partial charge in [0.2, 0.25) is 0 Å². The normalized spacial score (nSPS) is 37.5. The second kappa shape index (κ2) is 58.6. The lowest BCUT2D eigenvalue weighted by Gasteiger charge is -2.50.